The third-order valence-electron chi connectivity index (χ3n) is 9.11. The molecular formula is C30H33F6N3O3. The minimum absolute atomic E-state index is 0.00994. The van der Waals surface area contributed by atoms with Gasteiger partial charge in [-0.25, -0.2) is 0 Å². The van der Waals surface area contributed by atoms with Gasteiger partial charge in [0.1, 0.15) is 12.4 Å². The molecule has 42 heavy (non-hydrogen) atoms. The number of nitrogens with zero attached hydrogens (tertiary/aromatic N) is 3. The second-order valence-corrected chi connectivity index (χ2v) is 11.8. The fourth-order valence-corrected chi connectivity index (χ4v) is 6.63. The second kappa shape index (κ2) is 11.5. The van der Waals surface area contributed by atoms with Gasteiger partial charge in [-0.05, 0) is 98.0 Å². The van der Waals surface area contributed by atoms with Crippen molar-refractivity contribution in [1.29, 1.82) is 0 Å². The van der Waals surface area contributed by atoms with Gasteiger partial charge in [-0.3, -0.25) is 9.69 Å². The Hall–Kier alpha value is -3.15. The van der Waals surface area contributed by atoms with Gasteiger partial charge in [-0.1, -0.05) is 13.0 Å². The molecule has 12 heteroatoms. The molecule has 1 saturated carbocycles. The number of likely N-dealkylation sites (tertiary alicyclic amines) is 1. The Balaban J connectivity index is 1.28. The summed E-state index contributed by atoms with van der Waals surface area (Å²) in [6.07, 6.45) is -6.22. The maximum absolute atomic E-state index is 13.6. The number of amides is 1. The molecule has 0 aromatic heterocycles. The standard InChI is InChI=1S/C30H33F6N3O3/c1-17(28(40)37-41)27(19-3-4-19)20-5-8-26-24(14-20)38(2)25(16-42-26)18-9-11-39(12-10-18)15-21-13-22(29(31,32)33)6-7-23(21)30(34,35)36/h5-8,13-14,17-19,25,27H,3-4,9-12,15-16H2,1-2H3/t17-,25?,27-/m0/s1. The Kier molecular flexibility index (Phi) is 8.30. The van der Waals surface area contributed by atoms with Gasteiger partial charge >= 0.3 is 12.4 Å². The number of piperidine rings is 1. The molecule has 1 unspecified atom stereocenters. The molecule has 2 fully saturated rings. The van der Waals surface area contributed by atoms with Gasteiger partial charge in [0.15, 0.2) is 0 Å². The number of ether oxygens (including phenoxy) is 1. The third kappa shape index (κ3) is 6.28. The van der Waals surface area contributed by atoms with Crippen molar-refractivity contribution >= 4 is 11.6 Å². The highest BCUT2D eigenvalue weighted by atomic mass is 19.4. The first kappa shape index (κ1) is 30.3. The highest BCUT2D eigenvalue weighted by Gasteiger charge is 2.41. The maximum Gasteiger partial charge on any atom is 0.416 e. The van der Waals surface area contributed by atoms with Crippen LogP contribution in [-0.4, -0.2) is 43.6 Å². The van der Waals surface area contributed by atoms with E-state index in [0.29, 0.717) is 62.4 Å². The van der Waals surface area contributed by atoms with Gasteiger partial charge in [-0.2, -0.15) is 26.3 Å². The van der Waals surface area contributed by atoms with E-state index < -0.39 is 35.3 Å². The summed E-state index contributed by atoms with van der Waals surface area (Å²) in [6, 6.07) is 7.43. The molecule has 2 aromatic rings. The highest BCUT2D eigenvalue weighted by Crippen LogP contribution is 2.49. The first-order valence-electron chi connectivity index (χ1n) is 14.1. The van der Waals surface area contributed by atoms with Gasteiger partial charge in [-0.15, -0.1) is 4.91 Å². The van der Waals surface area contributed by atoms with Crippen LogP contribution in [0.15, 0.2) is 41.6 Å². The zero-order valence-electron chi connectivity index (χ0n) is 23.3. The summed E-state index contributed by atoms with van der Waals surface area (Å²) in [5.74, 6) is -0.126. The number of hydrogen-bond acceptors (Lipinski definition) is 5. The third-order valence-corrected chi connectivity index (χ3v) is 9.11. The first-order valence-corrected chi connectivity index (χ1v) is 14.1. The van der Waals surface area contributed by atoms with E-state index in [0.717, 1.165) is 24.1 Å². The molecule has 6 nitrogen and oxygen atoms in total. The number of nitroso groups, excluding NO2 is 1. The van der Waals surface area contributed by atoms with Gasteiger partial charge in [0.2, 0.25) is 0 Å². The molecule has 1 saturated heterocycles. The maximum atomic E-state index is 13.6. The van der Waals surface area contributed by atoms with Crippen molar-refractivity contribution < 1.29 is 35.9 Å². The van der Waals surface area contributed by atoms with Crippen LogP contribution in [0.4, 0.5) is 32.0 Å². The summed E-state index contributed by atoms with van der Waals surface area (Å²) in [4.78, 5) is 27.0. The van der Waals surface area contributed by atoms with E-state index in [9.17, 15) is 36.0 Å². The fourth-order valence-electron chi connectivity index (χ4n) is 6.63. The second-order valence-electron chi connectivity index (χ2n) is 11.8. The zero-order valence-corrected chi connectivity index (χ0v) is 23.3. The number of carbonyl (C=O) groups is 1. The molecule has 2 aromatic carbocycles. The summed E-state index contributed by atoms with van der Waals surface area (Å²) in [7, 11) is 1.97. The predicted octanol–water partition coefficient (Wildman–Crippen LogP) is 7.26. The van der Waals surface area contributed by atoms with Crippen molar-refractivity contribution in [2.75, 3.05) is 31.6 Å². The molecule has 0 spiro atoms. The molecule has 228 valence electrons. The zero-order chi connectivity index (χ0) is 30.4. The minimum atomic E-state index is -4.75. The van der Waals surface area contributed by atoms with Crippen LogP contribution in [0.25, 0.3) is 0 Å². The van der Waals surface area contributed by atoms with E-state index >= 15 is 0 Å². The van der Waals surface area contributed by atoms with E-state index in [-0.39, 0.29) is 30.0 Å². The van der Waals surface area contributed by atoms with Gasteiger partial charge in [0.25, 0.3) is 5.91 Å². The predicted molar refractivity (Wildman–Crippen MR) is 144 cm³/mol. The number of carbonyl (C=O) groups excluding carboxylic acids is 1. The lowest BCUT2D eigenvalue weighted by atomic mass is 9.82. The molecule has 2 aliphatic heterocycles. The molecule has 3 atom stereocenters. The van der Waals surface area contributed by atoms with E-state index in [1.54, 1.807) is 11.8 Å². The van der Waals surface area contributed by atoms with Crippen molar-refractivity contribution in [3.63, 3.8) is 0 Å². The number of halogens is 6. The molecule has 0 radical (unpaired) electrons. The molecule has 0 N–H and O–H groups in total. The SMILES string of the molecule is C[C@H](C(=O)N=O)[C@H](c1ccc2c(c1)N(C)C(C1CCN(Cc3cc(C(F)(F)F)ccc3C(F)(F)F)CC1)CO2)C1CC1. The summed E-state index contributed by atoms with van der Waals surface area (Å²) < 4.78 is 86.5. The molecule has 2 heterocycles. The largest absolute Gasteiger partial charge is 0.489 e. The van der Waals surface area contributed by atoms with E-state index in [1.165, 1.54) is 0 Å². The van der Waals surface area contributed by atoms with Crippen LogP contribution in [0.1, 0.15) is 60.8 Å². The van der Waals surface area contributed by atoms with Crippen LogP contribution in [0, 0.1) is 22.7 Å². The number of rotatable bonds is 7. The first-order chi connectivity index (χ1) is 19.8. The van der Waals surface area contributed by atoms with Gasteiger partial charge in [0, 0.05) is 24.7 Å². The number of fused-ring (bicyclic) bond motifs is 1. The number of likely N-dealkylation sites (N-methyl/N-ethyl adjacent to an activating group) is 1. The van der Waals surface area contributed by atoms with E-state index in [4.69, 9.17) is 4.74 Å². The van der Waals surface area contributed by atoms with Crippen LogP contribution in [0.2, 0.25) is 0 Å². The van der Waals surface area contributed by atoms with Crippen LogP contribution in [0.5, 0.6) is 5.75 Å². The van der Waals surface area contributed by atoms with Crippen LogP contribution < -0.4 is 9.64 Å². The van der Waals surface area contributed by atoms with Crippen LogP contribution in [-0.2, 0) is 23.7 Å². The van der Waals surface area contributed by atoms with Crippen molar-refractivity contribution in [3.8, 4) is 5.75 Å². The van der Waals surface area contributed by atoms with Gasteiger partial charge < -0.3 is 9.64 Å². The highest BCUT2D eigenvalue weighted by molar-refractivity contribution is 5.80. The molecule has 5 rings (SSSR count). The quantitative estimate of drug-likeness (QED) is 0.249. The number of hydrogen-bond donors (Lipinski definition) is 0. The lowest BCUT2D eigenvalue weighted by molar-refractivity contribution is -0.142. The minimum Gasteiger partial charge on any atom is -0.489 e. The fraction of sp³-hybridized carbons (Fsp3) is 0.567. The lowest BCUT2D eigenvalue weighted by Gasteiger charge is -2.43. The Morgan fingerprint density at radius 3 is 2.29 bits per heavy atom. The Bertz CT molecular complexity index is 1320. The monoisotopic (exact) mass is 597 g/mol. The lowest BCUT2D eigenvalue weighted by Crippen LogP contribution is -2.49. The normalized spacial score (nSPS) is 21.8. The summed E-state index contributed by atoms with van der Waals surface area (Å²) in [5, 5.41) is 2.65. The molecule has 0 bridgehead atoms. The number of benzene rings is 2. The summed E-state index contributed by atoms with van der Waals surface area (Å²) >= 11 is 0. The van der Waals surface area contributed by atoms with Crippen molar-refractivity contribution in [1.82, 2.24) is 4.90 Å². The molecule has 3 aliphatic rings. The topological polar surface area (TPSA) is 62.2 Å². The molecular weight excluding hydrogens is 564 g/mol. The van der Waals surface area contributed by atoms with Crippen molar-refractivity contribution in [3.05, 3.63) is 63.6 Å². The van der Waals surface area contributed by atoms with Crippen molar-refractivity contribution in [2.45, 2.75) is 63.5 Å². The summed E-state index contributed by atoms with van der Waals surface area (Å²) in [5.41, 5.74) is -0.694. The summed E-state index contributed by atoms with van der Waals surface area (Å²) in [6.45, 7) is 2.83. The average molecular weight is 598 g/mol. The van der Waals surface area contributed by atoms with E-state index in [2.05, 4.69) is 10.1 Å². The van der Waals surface area contributed by atoms with E-state index in [1.807, 2.05) is 25.2 Å². The number of anilines is 1. The van der Waals surface area contributed by atoms with Crippen LogP contribution >= 0.6 is 0 Å². The smallest absolute Gasteiger partial charge is 0.416 e. The Morgan fingerprint density at radius 1 is 1.00 bits per heavy atom. The molecule has 1 amide bonds. The van der Waals surface area contributed by atoms with Crippen molar-refractivity contribution in [2.24, 2.45) is 22.9 Å². The Morgan fingerprint density at radius 2 is 1.69 bits per heavy atom. The average Bonchev–Trinajstić information content (AvgIpc) is 3.78. The van der Waals surface area contributed by atoms with Gasteiger partial charge in [0.05, 0.1) is 22.9 Å². The molecule has 1 aliphatic carbocycles. The Labute approximate surface area is 240 Å². The number of alkyl halides is 6. The van der Waals surface area contributed by atoms with Crippen LogP contribution in [0.3, 0.4) is 0 Å².